The zero-order valence-electron chi connectivity index (χ0n) is 22.3. The van der Waals surface area contributed by atoms with Crippen LogP contribution < -0.4 is 4.74 Å². The van der Waals surface area contributed by atoms with Gasteiger partial charge in [-0.2, -0.15) is 13.2 Å². The molecule has 2 aliphatic rings. The van der Waals surface area contributed by atoms with Gasteiger partial charge in [-0.05, 0) is 49.8 Å². The minimum Gasteiger partial charge on any atom is -0.494 e. The highest BCUT2D eigenvalue weighted by molar-refractivity contribution is 6.34. The van der Waals surface area contributed by atoms with E-state index in [0.717, 1.165) is 36.3 Å². The first kappa shape index (κ1) is 30.1. The molecule has 0 aliphatic carbocycles. The molecule has 11 heteroatoms. The molecule has 4 rings (SSSR count). The van der Waals surface area contributed by atoms with E-state index in [1.807, 2.05) is 0 Å². The van der Waals surface area contributed by atoms with Gasteiger partial charge in [-0.1, -0.05) is 48.4 Å². The molecule has 0 unspecified atom stereocenters. The molecule has 1 N–H and O–H groups in total. The largest absolute Gasteiger partial charge is 0.494 e. The normalized spacial score (nSPS) is 18.1. The predicted molar refractivity (Wildman–Crippen MR) is 143 cm³/mol. The van der Waals surface area contributed by atoms with Gasteiger partial charge >= 0.3 is 6.18 Å². The van der Waals surface area contributed by atoms with Crippen LogP contribution in [0.15, 0.2) is 48.5 Å². The van der Waals surface area contributed by atoms with Crippen molar-refractivity contribution in [1.82, 2.24) is 9.80 Å². The molecule has 2 heterocycles. The number of rotatable bonds is 10. The monoisotopic (exact) mass is 582 g/mol. The first-order valence-electron chi connectivity index (χ1n) is 13.4. The number of nitrogens with zero attached hydrogens (tertiary/aromatic N) is 2. The number of alkyl halides is 3. The number of aliphatic hydroxyl groups is 1. The summed E-state index contributed by atoms with van der Waals surface area (Å²) in [7, 11) is 1.73. The topological polar surface area (TPSA) is 79.3 Å². The second-order valence-corrected chi connectivity index (χ2v) is 10.8. The Bertz CT molecular complexity index is 1170. The number of carbonyl (C=O) groups is 2. The molecule has 0 bridgehead atoms. The molecule has 218 valence electrons. The number of hydrogen-bond donors (Lipinski definition) is 1. The van der Waals surface area contributed by atoms with Gasteiger partial charge in [-0.3, -0.25) is 9.59 Å². The van der Waals surface area contributed by atoms with Crippen LogP contribution >= 0.6 is 11.6 Å². The summed E-state index contributed by atoms with van der Waals surface area (Å²) in [6, 6.07) is 11.6. The first-order chi connectivity index (χ1) is 19.0. The number of halogens is 4. The van der Waals surface area contributed by atoms with Gasteiger partial charge in [-0.15, -0.1) is 0 Å². The van der Waals surface area contributed by atoms with E-state index >= 15 is 0 Å². The van der Waals surface area contributed by atoms with Gasteiger partial charge in [0, 0.05) is 25.7 Å². The van der Waals surface area contributed by atoms with Crippen LogP contribution in [-0.4, -0.2) is 78.9 Å². The second-order valence-electron chi connectivity index (χ2n) is 10.4. The fourth-order valence-electron chi connectivity index (χ4n) is 5.03. The summed E-state index contributed by atoms with van der Waals surface area (Å²) in [5.41, 5.74) is -3.63. The van der Waals surface area contributed by atoms with Gasteiger partial charge in [0.2, 0.25) is 0 Å². The maximum Gasteiger partial charge on any atom is 0.430 e. The van der Waals surface area contributed by atoms with E-state index in [9.17, 15) is 27.9 Å². The number of unbranched alkanes of at least 4 members (excludes halogenated alkanes) is 1. The van der Waals surface area contributed by atoms with E-state index in [-0.39, 0.29) is 31.0 Å². The van der Waals surface area contributed by atoms with Crippen LogP contribution in [0.1, 0.15) is 48.0 Å². The fraction of sp³-hybridized carbons (Fsp3) is 0.517. The second kappa shape index (κ2) is 12.8. The van der Waals surface area contributed by atoms with Crippen LogP contribution in [0.2, 0.25) is 5.02 Å². The summed E-state index contributed by atoms with van der Waals surface area (Å²) in [5.74, 6) is -0.648. The van der Waals surface area contributed by atoms with Gasteiger partial charge in [0.25, 0.3) is 17.4 Å². The summed E-state index contributed by atoms with van der Waals surface area (Å²) >= 11 is 6.33. The highest BCUT2D eigenvalue weighted by Crippen LogP contribution is 2.41. The summed E-state index contributed by atoms with van der Waals surface area (Å²) in [6.07, 6.45) is -1.51. The van der Waals surface area contributed by atoms with Crippen LogP contribution in [0.5, 0.6) is 5.75 Å². The maximum atomic E-state index is 13.8. The summed E-state index contributed by atoms with van der Waals surface area (Å²) in [4.78, 5) is 28.3. The van der Waals surface area contributed by atoms with E-state index < -0.39 is 23.2 Å². The van der Waals surface area contributed by atoms with E-state index in [2.05, 4.69) is 0 Å². The van der Waals surface area contributed by atoms with Crippen molar-refractivity contribution in [3.63, 3.8) is 0 Å². The van der Waals surface area contributed by atoms with E-state index in [0.29, 0.717) is 49.0 Å². The summed E-state index contributed by atoms with van der Waals surface area (Å²) in [5, 5.41) is 10.9. The number of ether oxygens (including phenoxy) is 2. The van der Waals surface area contributed by atoms with Crippen LogP contribution in [0, 0.1) is 5.92 Å². The lowest BCUT2D eigenvalue weighted by Crippen LogP contribution is -2.57. The van der Waals surface area contributed by atoms with Gasteiger partial charge in [-0.25, -0.2) is 0 Å². The number of likely N-dealkylation sites (tertiary alicyclic amines) is 1. The van der Waals surface area contributed by atoms with Crippen molar-refractivity contribution in [2.45, 2.75) is 49.9 Å². The Kier molecular flexibility index (Phi) is 9.64. The van der Waals surface area contributed by atoms with Crippen molar-refractivity contribution in [1.29, 1.82) is 0 Å². The molecule has 2 fully saturated rings. The minimum atomic E-state index is -5.13. The number of carbonyl (C=O) groups excluding carboxylic acids is 2. The third-order valence-corrected chi connectivity index (χ3v) is 8.06. The molecule has 7 nitrogen and oxygen atoms in total. The van der Waals surface area contributed by atoms with Crippen molar-refractivity contribution in [3.05, 3.63) is 64.7 Å². The lowest BCUT2D eigenvalue weighted by atomic mass is 9.88. The van der Waals surface area contributed by atoms with E-state index in [4.69, 9.17) is 21.1 Å². The van der Waals surface area contributed by atoms with Crippen molar-refractivity contribution >= 4 is 23.4 Å². The molecule has 2 aromatic rings. The summed E-state index contributed by atoms with van der Waals surface area (Å²) in [6.45, 7) is 1.83. The van der Waals surface area contributed by atoms with E-state index in [1.54, 1.807) is 30.1 Å². The average Bonchev–Trinajstić information content (AvgIpc) is 2.91. The molecule has 2 aromatic carbocycles. The predicted octanol–water partition coefficient (Wildman–Crippen LogP) is 5.05. The number of hydrogen-bond acceptors (Lipinski definition) is 5. The lowest BCUT2D eigenvalue weighted by Gasteiger charge is -2.38. The standard InChI is InChI=1S/C29H34ClF3N2O5/c1-34(22-18-39-19-22)26(36)24-11-10-23(17-25(24)30)40-16-6-5-7-20-12-14-35(15-13-20)27(37)28(38,29(31,32)33)21-8-3-2-4-9-21/h2-4,8-11,17,20,22,38H,5-7,12-16,18-19H2,1H3/t28-/m1/s1. The third kappa shape index (κ3) is 6.56. The molecule has 0 spiro atoms. The fourth-order valence-corrected chi connectivity index (χ4v) is 5.28. The Balaban J connectivity index is 1.19. The Morgan fingerprint density at radius 3 is 2.35 bits per heavy atom. The highest BCUT2D eigenvalue weighted by Gasteiger charge is 2.62. The number of benzene rings is 2. The van der Waals surface area contributed by atoms with Crippen LogP contribution in [0.4, 0.5) is 13.2 Å². The molecular weight excluding hydrogens is 549 g/mol. The molecular formula is C29H34ClF3N2O5. The summed E-state index contributed by atoms with van der Waals surface area (Å²) < 4.78 is 52.5. The van der Waals surface area contributed by atoms with Gasteiger partial charge in [0.15, 0.2) is 0 Å². The first-order valence-corrected chi connectivity index (χ1v) is 13.8. The Morgan fingerprint density at radius 1 is 1.10 bits per heavy atom. The lowest BCUT2D eigenvalue weighted by molar-refractivity contribution is -0.262. The highest BCUT2D eigenvalue weighted by atomic mass is 35.5. The zero-order valence-corrected chi connectivity index (χ0v) is 23.1. The van der Waals surface area contributed by atoms with Crippen molar-refractivity contribution in [2.75, 3.05) is 40.0 Å². The number of amides is 2. The number of likely N-dealkylation sites (N-methyl/N-ethyl adjacent to an activating group) is 1. The molecule has 0 radical (unpaired) electrons. The Hall–Kier alpha value is -2.82. The Labute approximate surface area is 236 Å². The third-order valence-electron chi connectivity index (χ3n) is 7.75. The number of piperidine rings is 1. The quantitative estimate of drug-likeness (QED) is 0.397. The van der Waals surface area contributed by atoms with Crippen molar-refractivity contribution in [3.8, 4) is 5.75 Å². The van der Waals surface area contributed by atoms with Crippen LogP contribution in [0.3, 0.4) is 0 Å². The molecule has 2 aliphatic heterocycles. The molecule has 1 atom stereocenters. The zero-order chi connectivity index (χ0) is 28.9. The minimum absolute atomic E-state index is 0.0598. The Morgan fingerprint density at radius 2 is 1.77 bits per heavy atom. The van der Waals surface area contributed by atoms with Gasteiger partial charge < -0.3 is 24.4 Å². The molecule has 0 aromatic heterocycles. The van der Waals surface area contributed by atoms with E-state index in [1.165, 1.54) is 18.2 Å². The van der Waals surface area contributed by atoms with Crippen molar-refractivity contribution < 1.29 is 37.3 Å². The van der Waals surface area contributed by atoms with Gasteiger partial charge in [0.05, 0.1) is 36.4 Å². The average molecular weight is 583 g/mol. The maximum absolute atomic E-state index is 13.8. The smallest absolute Gasteiger partial charge is 0.430 e. The van der Waals surface area contributed by atoms with Crippen LogP contribution in [-0.2, 0) is 15.1 Å². The molecule has 40 heavy (non-hydrogen) atoms. The van der Waals surface area contributed by atoms with Gasteiger partial charge in [0.1, 0.15) is 5.75 Å². The van der Waals surface area contributed by atoms with Crippen molar-refractivity contribution in [2.24, 2.45) is 5.92 Å². The molecule has 2 saturated heterocycles. The SMILES string of the molecule is CN(C(=O)c1ccc(OCCCCC2CCN(C(=O)[C@](O)(c3ccccc3)C(F)(F)F)CC2)cc1Cl)C1COC1. The molecule has 2 amide bonds. The molecule has 0 saturated carbocycles. The van der Waals surface area contributed by atoms with Crippen LogP contribution in [0.25, 0.3) is 0 Å².